The fourth-order valence-electron chi connectivity index (χ4n) is 2.04. The van der Waals surface area contributed by atoms with Gasteiger partial charge in [-0.15, -0.1) is 11.8 Å². The van der Waals surface area contributed by atoms with E-state index in [-0.39, 0.29) is 5.91 Å². The van der Waals surface area contributed by atoms with Crippen molar-refractivity contribution < 1.29 is 4.79 Å². The lowest BCUT2D eigenvalue weighted by Crippen LogP contribution is -2.12. The maximum Gasteiger partial charge on any atom is 0.255 e. The van der Waals surface area contributed by atoms with Gasteiger partial charge in [0.05, 0.1) is 5.69 Å². The lowest BCUT2D eigenvalue weighted by atomic mass is 10.1. The zero-order chi connectivity index (χ0) is 15.1. The molecular formula is C17H20N2OS. The first kappa shape index (κ1) is 15.6. The van der Waals surface area contributed by atoms with Gasteiger partial charge in [0.15, 0.2) is 0 Å². The topological polar surface area (TPSA) is 55.1 Å². The van der Waals surface area contributed by atoms with E-state index in [0.29, 0.717) is 12.1 Å². The summed E-state index contributed by atoms with van der Waals surface area (Å²) >= 11 is 1.72. The van der Waals surface area contributed by atoms with Crippen LogP contribution in [0.4, 0.5) is 5.69 Å². The molecule has 0 fully saturated rings. The molecule has 0 saturated heterocycles. The minimum absolute atomic E-state index is 0.0848. The fourth-order valence-corrected chi connectivity index (χ4v) is 2.80. The zero-order valence-corrected chi connectivity index (χ0v) is 13.0. The molecule has 1 amide bonds. The van der Waals surface area contributed by atoms with Crippen LogP contribution in [0.1, 0.15) is 22.8 Å². The van der Waals surface area contributed by atoms with Crippen molar-refractivity contribution in [2.45, 2.75) is 18.2 Å². The molecule has 0 spiro atoms. The Labute approximate surface area is 129 Å². The van der Waals surface area contributed by atoms with Crippen LogP contribution in [0, 0.1) is 0 Å². The van der Waals surface area contributed by atoms with Gasteiger partial charge in [0, 0.05) is 10.5 Å². The van der Waals surface area contributed by atoms with Crippen molar-refractivity contribution in [2.75, 3.05) is 17.6 Å². The van der Waals surface area contributed by atoms with Crippen LogP contribution in [0.5, 0.6) is 0 Å². The highest BCUT2D eigenvalue weighted by atomic mass is 32.2. The maximum absolute atomic E-state index is 12.3. The summed E-state index contributed by atoms with van der Waals surface area (Å²) in [7, 11) is 0. The molecular weight excluding hydrogens is 280 g/mol. The molecule has 0 saturated carbocycles. The highest BCUT2D eigenvalue weighted by Crippen LogP contribution is 2.27. The van der Waals surface area contributed by atoms with E-state index in [9.17, 15) is 4.79 Å². The van der Waals surface area contributed by atoms with Crippen LogP contribution >= 0.6 is 11.8 Å². The number of para-hydroxylation sites is 1. The third-order valence-electron chi connectivity index (χ3n) is 3.08. The van der Waals surface area contributed by atoms with Crippen LogP contribution in [0.15, 0.2) is 53.4 Å². The number of amides is 1. The van der Waals surface area contributed by atoms with E-state index in [1.165, 1.54) is 0 Å². The van der Waals surface area contributed by atoms with Gasteiger partial charge in [0.2, 0.25) is 0 Å². The summed E-state index contributed by atoms with van der Waals surface area (Å²) in [5.41, 5.74) is 8.19. The highest BCUT2D eigenvalue weighted by molar-refractivity contribution is 7.99. The van der Waals surface area contributed by atoms with Crippen molar-refractivity contribution in [3.63, 3.8) is 0 Å². The number of thioether (sulfide) groups is 1. The highest BCUT2D eigenvalue weighted by Gasteiger charge is 2.08. The summed E-state index contributed by atoms with van der Waals surface area (Å²) < 4.78 is 0. The molecule has 110 valence electrons. The predicted molar refractivity (Wildman–Crippen MR) is 90.0 cm³/mol. The third-order valence-corrected chi connectivity index (χ3v) is 4.04. The summed E-state index contributed by atoms with van der Waals surface area (Å²) in [6, 6.07) is 15.5. The second-order valence-corrected chi connectivity index (χ2v) is 5.92. The fraction of sp³-hybridized carbons (Fsp3) is 0.235. The van der Waals surface area contributed by atoms with Crippen molar-refractivity contribution in [2.24, 2.45) is 5.73 Å². The Morgan fingerprint density at radius 2 is 1.86 bits per heavy atom. The molecule has 21 heavy (non-hydrogen) atoms. The van der Waals surface area contributed by atoms with Crippen molar-refractivity contribution in [1.82, 2.24) is 0 Å². The summed E-state index contributed by atoms with van der Waals surface area (Å²) in [4.78, 5) is 13.4. The smallest absolute Gasteiger partial charge is 0.255 e. The summed E-state index contributed by atoms with van der Waals surface area (Å²) in [6.45, 7) is 2.71. The van der Waals surface area contributed by atoms with Crippen LogP contribution in [0.3, 0.4) is 0 Å². The van der Waals surface area contributed by atoms with E-state index in [2.05, 4.69) is 12.2 Å². The SMILES string of the molecule is CCSc1ccccc1NC(=O)c1ccc(CCN)cc1. The molecule has 3 N–H and O–H groups in total. The second-order valence-electron chi connectivity index (χ2n) is 4.62. The molecule has 2 rings (SSSR count). The van der Waals surface area contributed by atoms with E-state index in [1.54, 1.807) is 11.8 Å². The number of hydrogen-bond donors (Lipinski definition) is 2. The van der Waals surface area contributed by atoms with Gasteiger partial charge in [-0.2, -0.15) is 0 Å². The van der Waals surface area contributed by atoms with Gasteiger partial charge in [-0.1, -0.05) is 31.2 Å². The normalized spacial score (nSPS) is 10.4. The molecule has 2 aromatic carbocycles. The summed E-state index contributed by atoms with van der Waals surface area (Å²) in [5, 5.41) is 2.98. The van der Waals surface area contributed by atoms with Crippen molar-refractivity contribution in [3.05, 3.63) is 59.7 Å². The van der Waals surface area contributed by atoms with E-state index in [4.69, 9.17) is 5.73 Å². The molecule has 0 unspecified atom stereocenters. The average Bonchev–Trinajstić information content (AvgIpc) is 2.50. The quantitative estimate of drug-likeness (QED) is 0.802. The Kier molecular flexibility index (Phi) is 5.84. The van der Waals surface area contributed by atoms with E-state index >= 15 is 0 Å². The number of benzene rings is 2. The van der Waals surface area contributed by atoms with Crippen LogP contribution < -0.4 is 11.1 Å². The Morgan fingerprint density at radius 3 is 2.52 bits per heavy atom. The Morgan fingerprint density at radius 1 is 1.14 bits per heavy atom. The van der Waals surface area contributed by atoms with Crippen LogP contribution in [0.25, 0.3) is 0 Å². The van der Waals surface area contributed by atoms with Gasteiger partial charge < -0.3 is 11.1 Å². The van der Waals surface area contributed by atoms with Crippen LogP contribution in [-0.2, 0) is 6.42 Å². The molecule has 4 heteroatoms. The molecule has 3 nitrogen and oxygen atoms in total. The van der Waals surface area contributed by atoms with Crippen molar-refractivity contribution >= 4 is 23.4 Å². The molecule has 0 aromatic heterocycles. The molecule has 2 aromatic rings. The maximum atomic E-state index is 12.3. The van der Waals surface area contributed by atoms with Gasteiger partial charge in [-0.3, -0.25) is 4.79 Å². The van der Waals surface area contributed by atoms with E-state index < -0.39 is 0 Å². The number of nitrogens with one attached hydrogen (secondary N) is 1. The number of carbonyl (C=O) groups excluding carboxylic acids is 1. The lowest BCUT2D eigenvalue weighted by Gasteiger charge is -2.10. The van der Waals surface area contributed by atoms with Gasteiger partial charge in [-0.05, 0) is 48.5 Å². The van der Waals surface area contributed by atoms with Crippen molar-refractivity contribution in [1.29, 1.82) is 0 Å². The number of hydrogen-bond acceptors (Lipinski definition) is 3. The molecule has 0 radical (unpaired) electrons. The zero-order valence-electron chi connectivity index (χ0n) is 12.1. The molecule has 0 atom stereocenters. The van der Waals surface area contributed by atoms with Crippen LogP contribution in [0.2, 0.25) is 0 Å². The first-order chi connectivity index (χ1) is 10.2. The van der Waals surface area contributed by atoms with E-state index in [1.807, 2.05) is 48.5 Å². The number of anilines is 1. The molecule has 0 heterocycles. The predicted octanol–water partition coefficient (Wildman–Crippen LogP) is 3.55. The van der Waals surface area contributed by atoms with Crippen molar-refractivity contribution in [3.8, 4) is 0 Å². The molecule has 0 aliphatic rings. The van der Waals surface area contributed by atoms with Gasteiger partial charge in [-0.25, -0.2) is 0 Å². The monoisotopic (exact) mass is 300 g/mol. The Balaban J connectivity index is 2.10. The Bertz CT molecular complexity index is 596. The first-order valence-electron chi connectivity index (χ1n) is 7.06. The summed E-state index contributed by atoms with van der Waals surface area (Å²) in [5.74, 6) is 0.888. The van der Waals surface area contributed by atoms with E-state index in [0.717, 1.165) is 28.3 Å². The standard InChI is InChI=1S/C17H20N2OS/c1-2-21-16-6-4-3-5-15(16)19-17(20)14-9-7-13(8-10-14)11-12-18/h3-10H,2,11-12,18H2,1H3,(H,19,20). The number of rotatable bonds is 6. The Hall–Kier alpha value is -1.78. The number of carbonyl (C=O) groups is 1. The first-order valence-corrected chi connectivity index (χ1v) is 8.05. The minimum atomic E-state index is -0.0848. The largest absolute Gasteiger partial charge is 0.330 e. The number of nitrogens with two attached hydrogens (primary N) is 1. The second kappa shape index (κ2) is 7.86. The molecule has 0 aliphatic carbocycles. The van der Waals surface area contributed by atoms with Gasteiger partial charge in [0.1, 0.15) is 0 Å². The van der Waals surface area contributed by atoms with Crippen LogP contribution in [-0.4, -0.2) is 18.2 Å². The molecule has 0 bridgehead atoms. The minimum Gasteiger partial charge on any atom is -0.330 e. The lowest BCUT2D eigenvalue weighted by molar-refractivity contribution is 0.102. The molecule has 0 aliphatic heterocycles. The van der Waals surface area contributed by atoms with Gasteiger partial charge >= 0.3 is 0 Å². The summed E-state index contributed by atoms with van der Waals surface area (Å²) in [6.07, 6.45) is 0.831. The third kappa shape index (κ3) is 4.34. The average molecular weight is 300 g/mol. The van der Waals surface area contributed by atoms with Gasteiger partial charge in [0.25, 0.3) is 5.91 Å².